The summed E-state index contributed by atoms with van der Waals surface area (Å²) in [5.74, 6) is 0.519. The lowest BCUT2D eigenvalue weighted by Gasteiger charge is -2.37. The fourth-order valence-electron chi connectivity index (χ4n) is 2.91. The van der Waals surface area contributed by atoms with Crippen molar-refractivity contribution in [2.75, 3.05) is 36.0 Å². The van der Waals surface area contributed by atoms with E-state index in [1.54, 1.807) is 18.3 Å². The van der Waals surface area contributed by atoms with E-state index in [9.17, 15) is 9.65 Å². The van der Waals surface area contributed by atoms with Gasteiger partial charge >= 0.3 is 0 Å². The van der Waals surface area contributed by atoms with Crippen molar-refractivity contribution in [1.82, 2.24) is 4.98 Å². The number of hydrogen-bond acceptors (Lipinski definition) is 4. The van der Waals surface area contributed by atoms with Crippen LogP contribution >= 0.6 is 15.9 Å². The normalized spacial score (nSPS) is 14.7. The van der Waals surface area contributed by atoms with E-state index in [1.807, 2.05) is 13.0 Å². The minimum atomic E-state index is -0.460. The summed E-state index contributed by atoms with van der Waals surface area (Å²) in [5, 5.41) is 9.18. The van der Waals surface area contributed by atoms with Gasteiger partial charge in [-0.2, -0.15) is 5.26 Å². The summed E-state index contributed by atoms with van der Waals surface area (Å²) in [7, 11) is 0. The molecule has 1 aromatic carbocycles. The number of rotatable bonds is 2. The second kappa shape index (κ2) is 6.55. The molecule has 6 heteroatoms. The van der Waals surface area contributed by atoms with Gasteiger partial charge in [-0.05, 0) is 46.6 Å². The fourth-order valence-corrected chi connectivity index (χ4v) is 3.36. The van der Waals surface area contributed by atoms with Crippen LogP contribution in [0.25, 0.3) is 0 Å². The van der Waals surface area contributed by atoms with Crippen LogP contribution in [0.2, 0.25) is 0 Å². The van der Waals surface area contributed by atoms with Gasteiger partial charge in [-0.1, -0.05) is 6.07 Å². The smallest absolute Gasteiger partial charge is 0.143 e. The first-order valence-electron chi connectivity index (χ1n) is 7.41. The molecule has 0 saturated carbocycles. The Labute approximate surface area is 143 Å². The largest absolute Gasteiger partial charge is 0.367 e. The Balaban J connectivity index is 1.77. The Kier molecular flexibility index (Phi) is 4.49. The molecule has 0 radical (unpaired) electrons. The second-order valence-corrected chi connectivity index (χ2v) is 6.43. The van der Waals surface area contributed by atoms with Gasteiger partial charge in [-0.15, -0.1) is 0 Å². The molecule has 0 atom stereocenters. The van der Waals surface area contributed by atoms with E-state index in [-0.39, 0.29) is 5.56 Å². The van der Waals surface area contributed by atoms with Gasteiger partial charge in [-0.3, -0.25) is 0 Å². The third kappa shape index (κ3) is 3.15. The molecule has 0 amide bonds. The van der Waals surface area contributed by atoms with Crippen molar-refractivity contribution >= 4 is 27.4 Å². The predicted molar refractivity (Wildman–Crippen MR) is 92.2 cm³/mol. The van der Waals surface area contributed by atoms with Crippen LogP contribution < -0.4 is 9.80 Å². The average molecular weight is 375 g/mol. The monoisotopic (exact) mass is 374 g/mol. The molecule has 1 fully saturated rings. The molecule has 4 nitrogen and oxygen atoms in total. The number of anilines is 2. The van der Waals surface area contributed by atoms with Crippen molar-refractivity contribution in [3.8, 4) is 6.07 Å². The van der Waals surface area contributed by atoms with E-state index in [2.05, 4.69) is 36.8 Å². The molecule has 2 aromatic rings. The molecule has 118 valence electrons. The van der Waals surface area contributed by atoms with Crippen molar-refractivity contribution in [3.05, 3.63) is 51.9 Å². The molecule has 1 saturated heterocycles. The van der Waals surface area contributed by atoms with Crippen LogP contribution in [0.1, 0.15) is 11.1 Å². The Hall–Kier alpha value is -2.13. The number of nitriles is 1. The molecular weight excluding hydrogens is 359 g/mol. The van der Waals surface area contributed by atoms with Gasteiger partial charge < -0.3 is 9.80 Å². The molecule has 3 rings (SSSR count). The molecule has 23 heavy (non-hydrogen) atoms. The zero-order valence-electron chi connectivity index (χ0n) is 12.8. The van der Waals surface area contributed by atoms with Crippen molar-refractivity contribution in [2.45, 2.75) is 6.92 Å². The summed E-state index contributed by atoms with van der Waals surface area (Å²) in [6, 6.07) is 8.81. The minimum absolute atomic E-state index is 0.124. The summed E-state index contributed by atoms with van der Waals surface area (Å²) in [5.41, 5.74) is 1.92. The standard InChI is InChI=1S/C17H16BrFN4/c1-12-9-13(18)11-21-17(12)23-7-5-22(6-8-23)16-4-2-3-15(19)14(16)10-20/h2-4,9,11H,5-8H2,1H3. The van der Waals surface area contributed by atoms with E-state index < -0.39 is 5.82 Å². The van der Waals surface area contributed by atoms with Gasteiger partial charge in [0, 0.05) is 36.8 Å². The van der Waals surface area contributed by atoms with Gasteiger partial charge in [0.2, 0.25) is 0 Å². The van der Waals surface area contributed by atoms with Gasteiger partial charge in [0.1, 0.15) is 23.3 Å². The van der Waals surface area contributed by atoms with Gasteiger partial charge in [-0.25, -0.2) is 9.37 Å². The SMILES string of the molecule is Cc1cc(Br)cnc1N1CCN(c2cccc(F)c2C#N)CC1. The Bertz CT molecular complexity index is 764. The highest BCUT2D eigenvalue weighted by atomic mass is 79.9. The summed E-state index contributed by atoms with van der Waals surface area (Å²) in [6.07, 6.45) is 1.80. The lowest BCUT2D eigenvalue weighted by Crippen LogP contribution is -2.47. The van der Waals surface area contributed by atoms with E-state index in [0.29, 0.717) is 5.69 Å². The van der Waals surface area contributed by atoms with Crippen molar-refractivity contribution in [1.29, 1.82) is 5.26 Å². The first kappa shape index (κ1) is 15.8. The summed E-state index contributed by atoms with van der Waals surface area (Å²) < 4.78 is 14.7. The van der Waals surface area contributed by atoms with Gasteiger partial charge in [0.05, 0.1) is 5.69 Å². The minimum Gasteiger partial charge on any atom is -0.367 e. The number of nitrogens with zero attached hydrogens (tertiary/aromatic N) is 4. The van der Waals surface area contributed by atoms with E-state index >= 15 is 0 Å². The maximum atomic E-state index is 13.8. The number of benzene rings is 1. The predicted octanol–water partition coefficient (Wildman–Crippen LogP) is 3.49. The molecule has 2 heterocycles. The molecule has 1 aliphatic rings. The summed E-state index contributed by atoms with van der Waals surface area (Å²) in [6.45, 7) is 5.08. The lowest BCUT2D eigenvalue weighted by atomic mass is 10.1. The van der Waals surface area contributed by atoms with Crippen LogP contribution in [-0.4, -0.2) is 31.2 Å². The number of hydrogen-bond donors (Lipinski definition) is 0. The van der Waals surface area contributed by atoms with Crippen LogP contribution in [0.3, 0.4) is 0 Å². The van der Waals surface area contributed by atoms with Crippen molar-refractivity contribution in [3.63, 3.8) is 0 Å². The Morgan fingerprint density at radius 3 is 2.57 bits per heavy atom. The molecule has 1 aromatic heterocycles. The lowest BCUT2D eigenvalue weighted by molar-refractivity contribution is 0.615. The van der Waals surface area contributed by atoms with E-state index in [1.165, 1.54) is 6.07 Å². The molecule has 0 aliphatic carbocycles. The number of aryl methyl sites for hydroxylation is 1. The second-order valence-electron chi connectivity index (χ2n) is 5.51. The van der Waals surface area contributed by atoms with Crippen LogP contribution in [-0.2, 0) is 0 Å². The molecule has 0 N–H and O–H groups in total. The first-order chi connectivity index (χ1) is 11.1. The molecule has 1 aliphatic heterocycles. The topological polar surface area (TPSA) is 43.2 Å². The highest BCUT2D eigenvalue weighted by molar-refractivity contribution is 9.10. The van der Waals surface area contributed by atoms with Crippen molar-refractivity contribution in [2.24, 2.45) is 0 Å². The van der Waals surface area contributed by atoms with Gasteiger partial charge in [0.15, 0.2) is 0 Å². The maximum absolute atomic E-state index is 13.8. The highest BCUT2D eigenvalue weighted by Gasteiger charge is 2.22. The van der Waals surface area contributed by atoms with Crippen LogP contribution in [0.5, 0.6) is 0 Å². The van der Waals surface area contributed by atoms with E-state index in [4.69, 9.17) is 0 Å². The summed E-state index contributed by atoms with van der Waals surface area (Å²) >= 11 is 3.43. The molecule has 0 spiro atoms. The maximum Gasteiger partial charge on any atom is 0.143 e. The first-order valence-corrected chi connectivity index (χ1v) is 8.20. The van der Waals surface area contributed by atoms with Crippen molar-refractivity contribution < 1.29 is 4.39 Å². The number of halogens is 2. The number of aromatic nitrogens is 1. The Morgan fingerprint density at radius 1 is 1.22 bits per heavy atom. The zero-order chi connectivity index (χ0) is 16.4. The van der Waals surface area contributed by atoms with Gasteiger partial charge in [0.25, 0.3) is 0 Å². The van der Waals surface area contributed by atoms with Crippen LogP contribution in [0.15, 0.2) is 34.9 Å². The van der Waals surface area contributed by atoms with Crippen LogP contribution in [0.4, 0.5) is 15.9 Å². The fraction of sp³-hybridized carbons (Fsp3) is 0.294. The third-order valence-corrected chi connectivity index (χ3v) is 4.47. The zero-order valence-corrected chi connectivity index (χ0v) is 14.3. The quantitative estimate of drug-likeness (QED) is 0.806. The highest BCUT2D eigenvalue weighted by Crippen LogP contribution is 2.26. The third-order valence-electron chi connectivity index (χ3n) is 4.04. The molecular formula is C17H16BrFN4. The Morgan fingerprint density at radius 2 is 1.91 bits per heavy atom. The molecule has 0 unspecified atom stereocenters. The number of pyridine rings is 1. The van der Waals surface area contributed by atoms with Crippen LogP contribution in [0, 0.1) is 24.1 Å². The van der Waals surface area contributed by atoms with E-state index in [0.717, 1.165) is 42.0 Å². The average Bonchev–Trinajstić information content (AvgIpc) is 2.55. The molecule has 0 bridgehead atoms. The summed E-state index contributed by atoms with van der Waals surface area (Å²) in [4.78, 5) is 8.78. The number of piperazine rings is 1.